The van der Waals surface area contributed by atoms with E-state index in [2.05, 4.69) is 4.98 Å². The van der Waals surface area contributed by atoms with Crippen molar-refractivity contribution in [2.45, 2.75) is 13.0 Å². The van der Waals surface area contributed by atoms with Crippen LogP contribution in [0.1, 0.15) is 11.6 Å². The zero-order valence-electron chi connectivity index (χ0n) is 14.2. The molecule has 1 fully saturated rings. The third kappa shape index (κ3) is 3.38. The lowest BCUT2D eigenvalue weighted by atomic mass is 10.1. The first-order chi connectivity index (χ1) is 11.4. The quantitative estimate of drug-likeness (QED) is 0.827. The van der Waals surface area contributed by atoms with E-state index in [9.17, 15) is 8.42 Å². The van der Waals surface area contributed by atoms with E-state index in [0.29, 0.717) is 13.2 Å². The second-order valence-corrected chi connectivity index (χ2v) is 8.68. The molecule has 6 nitrogen and oxygen atoms in total. The largest absolute Gasteiger partial charge is 0.379 e. The van der Waals surface area contributed by atoms with Gasteiger partial charge < -0.3 is 9.30 Å². The average Bonchev–Trinajstić information content (AvgIpc) is 3.16. The summed E-state index contributed by atoms with van der Waals surface area (Å²) < 4.78 is 33.4. The van der Waals surface area contributed by atoms with Gasteiger partial charge in [0.15, 0.2) is 0 Å². The molecule has 0 radical (unpaired) electrons. The topological polar surface area (TPSA) is 64.4 Å². The average molecular weight is 349 g/mol. The molecule has 130 valence electrons. The second kappa shape index (κ2) is 6.66. The molecule has 1 aliphatic heterocycles. The number of aryl methyl sites for hydroxylation is 1. The van der Waals surface area contributed by atoms with Gasteiger partial charge in [-0.3, -0.25) is 0 Å². The Balaban J connectivity index is 1.89. The minimum Gasteiger partial charge on any atom is -0.379 e. The van der Waals surface area contributed by atoms with Crippen molar-refractivity contribution in [3.63, 3.8) is 0 Å². The van der Waals surface area contributed by atoms with Crippen LogP contribution in [0.3, 0.4) is 0 Å². The van der Waals surface area contributed by atoms with Crippen molar-refractivity contribution in [2.75, 3.05) is 33.1 Å². The molecule has 0 bridgehead atoms. The summed E-state index contributed by atoms with van der Waals surface area (Å²) in [5.41, 5.74) is 2.21. The third-order valence-corrected chi connectivity index (χ3v) is 6.44. The van der Waals surface area contributed by atoms with Crippen LogP contribution >= 0.6 is 0 Å². The lowest BCUT2D eigenvalue weighted by Gasteiger charge is -2.22. The molecule has 3 rings (SSSR count). The van der Waals surface area contributed by atoms with Gasteiger partial charge in [-0.05, 0) is 6.92 Å². The maximum atomic E-state index is 12.2. The second-order valence-electron chi connectivity index (χ2n) is 6.45. The van der Waals surface area contributed by atoms with Crippen molar-refractivity contribution >= 4 is 10.0 Å². The summed E-state index contributed by atoms with van der Waals surface area (Å²) in [5, 5.41) is 0. The molecule has 24 heavy (non-hydrogen) atoms. The maximum absolute atomic E-state index is 12.2. The number of imidazole rings is 1. The van der Waals surface area contributed by atoms with Gasteiger partial charge >= 0.3 is 0 Å². The van der Waals surface area contributed by atoms with E-state index < -0.39 is 10.0 Å². The first-order valence-electron chi connectivity index (χ1n) is 7.96. The van der Waals surface area contributed by atoms with E-state index in [1.807, 2.05) is 42.0 Å². The van der Waals surface area contributed by atoms with Crippen molar-refractivity contribution < 1.29 is 13.2 Å². The minimum atomic E-state index is -3.27. The van der Waals surface area contributed by atoms with Crippen LogP contribution in [0.5, 0.6) is 0 Å². The molecular weight excluding hydrogens is 326 g/mol. The molecule has 2 heterocycles. The number of sulfonamides is 1. The first-order valence-corrected chi connectivity index (χ1v) is 9.57. The van der Waals surface area contributed by atoms with E-state index in [1.54, 1.807) is 20.3 Å². The Morgan fingerprint density at radius 1 is 1.25 bits per heavy atom. The Morgan fingerprint density at radius 2 is 1.96 bits per heavy atom. The van der Waals surface area contributed by atoms with Crippen molar-refractivity contribution in [3.8, 4) is 11.4 Å². The highest BCUT2D eigenvalue weighted by atomic mass is 32.2. The van der Waals surface area contributed by atoms with Crippen molar-refractivity contribution in [2.24, 2.45) is 5.92 Å². The Bertz CT molecular complexity index is 797. The van der Waals surface area contributed by atoms with Crippen LogP contribution in [-0.2, 0) is 14.8 Å². The molecule has 1 aliphatic rings. The van der Waals surface area contributed by atoms with Crippen LogP contribution in [0.25, 0.3) is 11.4 Å². The van der Waals surface area contributed by atoms with Crippen molar-refractivity contribution in [1.82, 2.24) is 13.9 Å². The smallest absolute Gasteiger partial charge is 0.214 e. The van der Waals surface area contributed by atoms with E-state index in [1.165, 1.54) is 9.87 Å². The van der Waals surface area contributed by atoms with Gasteiger partial charge in [0.25, 0.3) is 0 Å². The van der Waals surface area contributed by atoms with Crippen LogP contribution in [-0.4, -0.2) is 55.3 Å². The van der Waals surface area contributed by atoms with Crippen molar-refractivity contribution in [1.29, 1.82) is 0 Å². The van der Waals surface area contributed by atoms with Gasteiger partial charge in [0.2, 0.25) is 10.0 Å². The lowest BCUT2D eigenvalue weighted by molar-refractivity contribution is 0.182. The number of rotatable bonds is 5. The van der Waals surface area contributed by atoms with Gasteiger partial charge in [-0.1, -0.05) is 29.8 Å². The summed E-state index contributed by atoms with van der Waals surface area (Å²) >= 11 is 0. The molecule has 7 heteroatoms. The van der Waals surface area contributed by atoms with E-state index in [0.717, 1.165) is 11.4 Å². The first kappa shape index (κ1) is 17.1. The van der Waals surface area contributed by atoms with Crippen LogP contribution in [0.4, 0.5) is 0 Å². The fourth-order valence-corrected chi connectivity index (χ4v) is 4.14. The number of hydrogen-bond donors (Lipinski definition) is 0. The molecule has 0 saturated carbocycles. The van der Waals surface area contributed by atoms with Crippen LogP contribution in [0.2, 0.25) is 0 Å². The van der Waals surface area contributed by atoms with Gasteiger partial charge in [0.1, 0.15) is 5.82 Å². The van der Waals surface area contributed by atoms with Crippen LogP contribution < -0.4 is 0 Å². The maximum Gasteiger partial charge on any atom is 0.214 e. The van der Waals surface area contributed by atoms with Gasteiger partial charge in [-0.25, -0.2) is 17.7 Å². The zero-order chi connectivity index (χ0) is 17.3. The molecule has 2 atom stereocenters. The number of benzene rings is 1. The highest BCUT2D eigenvalue weighted by Crippen LogP contribution is 2.31. The Labute approximate surface area is 143 Å². The SMILES string of the molecule is Cc1ccc(-c2nccn2[C@@H]2COC[C@@H]2CS(=O)(=O)N(C)C)cc1. The molecule has 0 aliphatic carbocycles. The van der Waals surface area contributed by atoms with Crippen molar-refractivity contribution in [3.05, 3.63) is 42.2 Å². The Kier molecular flexibility index (Phi) is 4.76. The molecule has 0 spiro atoms. The number of aromatic nitrogens is 2. The number of ether oxygens (including phenoxy) is 1. The van der Waals surface area contributed by atoms with Crippen LogP contribution in [0, 0.1) is 12.8 Å². The summed E-state index contributed by atoms with van der Waals surface area (Å²) in [6.07, 6.45) is 3.66. The minimum absolute atomic E-state index is 0.0291. The Morgan fingerprint density at radius 3 is 2.62 bits per heavy atom. The van der Waals surface area contributed by atoms with E-state index in [-0.39, 0.29) is 17.7 Å². The summed E-state index contributed by atoms with van der Waals surface area (Å²) in [5.74, 6) is 0.837. The summed E-state index contributed by atoms with van der Waals surface area (Å²) in [7, 11) is -0.140. The van der Waals surface area contributed by atoms with Gasteiger partial charge in [0, 0.05) is 38.0 Å². The predicted octanol–water partition coefficient (Wildman–Crippen LogP) is 1.94. The van der Waals surface area contributed by atoms with Crippen LogP contribution in [0.15, 0.2) is 36.7 Å². The van der Waals surface area contributed by atoms with E-state index in [4.69, 9.17) is 4.74 Å². The summed E-state index contributed by atoms with van der Waals surface area (Å²) in [4.78, 5) is 4.47. The normalized spacial score (nSPS) is 21.5. The summed E-state index contributed by atoms with van der Waals surface area (Å²) in [6.45, 7) is 3.00. The van der Waals surface area contributed by atoms with Gasteiger partial charge in [-0.2, -0.15) is 0 Å². The highest BCUT2D eigenvalue weighted by Gasteiger charge is 2.35. The fraction of sp³-hybridized carbons (Fsp3) is 0.471. The predicted molar refractivity (Wildman–Crippen MR) is 93.2 cm³/mol. The molecule has 0 N–H and O–H groups in total. The Hall–Kier alpha value is -1.70. The monoisotopic (exact) mass is 349 g/mol. The molecular formula is C17H23N3O3S. The molecule has 1 saturated heterocycles. The highest BCUT2D eigenvalue weighted by molar-refractivity contribution is 7.89. The van der Waals surface area contributed by atoms with Gasteiger partial charge in [0.05, 0.1) is 25.0 Å². The molecule has 0 unspecified atom stereocenters. The van der Waals surface area contributed by atoms with E-state index >= 15 is 0 Å². The zero-order valence-corrected chi connectivity index (χ0v) is 15.0. The molecule has 1 aromatic carbocycles. The number of hydrogen-bond acceptors (Lipinski definition) is 4. The standard InChI is InChI=1S/C17H23N3O3S/c1-13-4-6-14(7-5-13)17-18-8-9-20(17)16-11-23-10-15(16)12-24(21,22)19(2)3/h4-9,15-16H,10-12H2,1-3H3/t15-,16-/m1/s1. The third-order valence-electron chi connectivity index (χ3n) is 4.48. The molecule has 0 amide bonds. The number of nitrogens with zero attached hydrogens (tertiary/aromatic N) is 3. The van der Waals surface area contributed by atoms with Gasteiger partial charge in [-0.15, -0.1) is 0 Å². The lowest BCUT2D eigenvalue weighted by Crippen LogP contribution is -2.32. The molecule has 2 aromatic rings. The molecule has 1 aromatic heterocycles. The fourth-order valence-electron chi connectivity index (χ4n) is 2.98. The summed E-state index contributed by atoms with van der Waals surface area (Å²) in [6, 6.07) is 8.14.